The SMILES string of the molecule is N#C[C@@H]1C[C@@H]2[C@H](C1)c1cc(C(F)(F)F)ccc1N[C@H]2c1ccccc1.O[C@H]1C[C@@H]2[C@H](C1)c1cc(C(F)(F)F)ccc1N[C@H]2c1ccccc1. The van der Waals surface area contributed by atoms with E-state index >= 15 is 0 Å². The number of alkyl halides is 6. The van der Waals surface area contributed by atoms with Crippen LogP contribution in [0.3, 0.4) is 0 Å². The van der Waals surface area contributed by atoms with Gasteiger partial charge in [0, 0.05) is 17.3 Å². The number of nitrogens with zero attached hydrogens (tertiary/aromatic N) is 1. The first-order valence-electron chi connectivity index (χ1n) is 16.5. The molecular weight excluding hydrogens is 640 g/mol. The summed E-state index contributed by atoms with van der Waals surface area (Å²) in [6.45, 7) is 0. The van der Waals surface area contributed by atoms with Crippen molar-refractivity contribution in [1.82, 2.24) is 0 Å². The van der Waals surface area contributed by atoms with Crippen LogP contribution in [0.1, 0.15) is 83.0 Å². The van der Waals surface area contributed by atoms with E-state index in [0.29, 0.717) is 36.8 Å². The third kappa shape index (κ3) is 6.49. The zero-order valence-electron chi connectivity index (χ0n) is 26.3. The van der Waals surface area contributed by atoms with Gasteiger partial charge in [-0.1, -0.05) is 60.7 Å². The number of hydrogen-bond acceptors (Lipinski definition) is 4. The maximum absolute atomic E-state index is 13.1. The molecule has 4 aromatic rings. The lowest BCUT2D eigenvalue weighted by molar-refractivity contribution is -0.138. The summed E-state index contributed by atoms with van der Waals surface area (Å²) < 4.78 is 78.5. The first kappa shape index (κ1) is 33.0. The summed E-state index contributed by atoms with van der Waals surface area (Å²) in [5.74, 6) is 0.0436. The highest BCUT2D eigenvalue weighted by Crippen LogP contribution is 2.56. The summed E-state index contributed by atoms with van der Waals surface area (Å²) in [5.41, 5.74) is 3.85. The third-order valence-electron chi connectivity index (χ3n) is 10.7. The van der Waals surface area contributed by atoms with Crippen molar-refractivity contribution in [2.24, 2.45) is 17.8 Å². The number of rotatable bonds is 2. The molecule has 0 bridgehead atoms. The second kappa shape index (κ2) is 12.8. The number of aliphatic hydroxyl groups is 1. The maximum Gasteiger partial charge on any atom is 0.416 e. The van der Waals surface area contributed by atoms with E-state index in [0.717, 1.165) is 34.6 Å². The minimum Gasteiger partial charge on any atom is -0.393 e. The highest BCUT2D eigenvalue weighted by atomic mass is 19.4. The molecule has 0 saturated heterocycles. The molecule has 2 saturated carbocycles. The van der Waals surface area contributed by atoms with E-state index in [1.165, 1.54) is 24.3 Å². The van der Waals surface area contributed by atoms with Crippen LogP contribution in [0, 0.1) is 29.1 Å². The second-order valence-electron chi connectivity index (χ2n) is 13.6. The molecule has 8 rings (SSSR count). The van der Waals surface area contributed by atoms with Gasteiger partial charge in [0.2, 0.25) is 0 Å². The number of fused-ring (bicyclic) bond motifs is 6. The number of nitrogens with one attached hydrogen (secondary N) is 2. The minimum absolute atomic E-state index is 0.0117. The number of aliphatic hydroxyl groups excluding tert-OH is 1. The van der Waals surface area contributed by atoms with Gasteiger partial charge in [-0.25, -0.2) is 0 Å². The first-order valence-corrected chi connectivity index (χ1v) is 16.5. The van der Waals surface area contributed by atoms with Crippen molar-refractivity contribution in [3.05, 3.63) is 130 Å². The van der Waals surface area contributed by atoms with Gasteiger partial charge in [-0.15, -0.1) is 0 Å². The Labute approximate surface area is 280 Å². The van der Waals surface area contributed by atoms with Gasteiger partial charge < -0.3 is 15.7 Å². The van der Waals surface area contributed by atoms with Crippen LogP contribution in [0.25, 0.3) is 0 Å². The molecule has 0 radical (unpaired) electrons. The van der Waals surface area contributed by atoms with E-state index in [1.807, 2.05) is 60.7 Å². The number of benzene rings is 4. The van der Waals surface area contributed by atoms with E-state index in [9.17, 15) is 36.7 Å². The van der Waals surface area contributed by atoms with Gasteiger partial charge in [0.25, 0.3) is 0 Å². The van der Waals surface area contributed by atoms with Crippen LogP contribution in [-0.2, 0) is 12.4 Å². The molecule has 0 aromatic heterocycles. The van der Waals surface area contributed by atoms with Crippen molar-refractivity contribution in [3.63, 3.8) is 0 Å². The van der Waals surface area contributed by atoms with E-state index in [2.05, 4.69) is 16.7 Å². The monoisotopic (exact) mass is 675 g/mol. The molecule has 2 aliphatic carbocycles. The molecule has 0 unspecified atom stereocenters. The lowest BCUT2D eigenvalue weighted by Crippen LogP contribution is -2.29. The first-order chi connectivity index (χ1) is 23.4. The normalized spacial score (nSPS) is 28.3. The summed E-state index contributed by atoms with van der Waals surface area (Å²) in [6, 6.07) is 30.0. The lowest BCUT2D eigenvalue weighted by Gasteiger charge is -2.38. The highest BCUT2D eigenvalue weighted by Gasteiger charge is 2.46. The Bertz CT molecular complexity index is 1840. The molecule has 2 heterocycles. The summed E-state index contributed by atoms with van der Waals surface area (Å²) in [4.78, 5) is 0. The molecule has 8 atom stereocenters. The van der Waals surface area contributed by atoms with Crippen molar-refractivity contribution >= 4 is 11.4 Å². The van der Waals surface area contributed by atoms with E-state index < -0.39 is 29.6 Å². The van der Waals surface area contributed by atoms with Crippen molar-refractivity contribution in [3.8, 4) is 6.07 Å². The van der Waals surface area contributed by atoms with Crippen LogP contribution in [0.5, 0.6) is 0 Å². The molecule has 2 aliphatic heterocycles. The lowest BCUT2D eigenvalue weighted by atomic mass is 9.77. The molecule has 254 valence electrons. The van der Waals surface area contributed by atoms with Crippen LogP contribution in [0.15, 0.2) is 97.1 Å². The number of hydrogen-bond donors (Lipinski definition) is 3. The van der Waals surface area contributed by atoms with Gasteiger partial charge in [0.1, 0.15) is 0 Å². The highest BCUT2D eigenvalue weighted by molar-refractivity contribution is 5.61. The topological polar surface area (TPSA) is 68.1 Å². The van der Waals surface area contributed by atoms with Crippen molar-refractivity contribution in [1.29, 1.82) is 5.26 Å². The van der Waals surface area contributed by atoms with Gasteiger partial charge in [-0.3, -0.25) is 0 Å². The minimum atomic E-state index is -4.35. The van der Waals surface area contributed by atoms with Crippen molar-refractivity contribution < 1.29 is 31.4 Å². The Morgan fingerprint density at radius 3 is 1.49 bits per heavy atom. The van der Waals surface area contributed by atoms with Gasteiger partial charge in [0.05, 0.1) is 35.4 Å². The predicted molar refractivity (Wildman–Crippen MR) is 175 cm³/mol. The van der Waals surface area contributed by atoms with Crippen LogP contribution >= 0.6 is 0 Å². The molecular formula is C39H35F6N3O. The van der Waals surface area contributed by atoms with Crippen LogP contribution in [0.2, 0.25) is 0 Å². The summed E-state index contributed by atoms with van der Waals surface area (Å²) in [5, 5.41) is 26.3. The zero-order valence-corrected chi connectivity index (χ0v) is 26.3. The predicted octanol–water partition coefficient (Wildman–Crippen LogP) is 10.2. The number of anilines is 2. The summed E-state index contributed by atoms with van der Waals surface area (Å²) in [7, 11) is 0. The Kier molecular flexibility index (Phi) is 8.60. The van der Waals surface area contributed by atoms with Crippen LogP contribution in [0.4, 0.5) is 37.7 Å². The van der Waals surface area contributed by atoms with Gasteiger partial charge in [-0.05, 0) is 108 Å². The van der Waals surface area contributed by atoms with Crippen LogP contribution < -0.4 is 10.6 Å². The molecule has 0 amide bonds. The molecule has 3 N–H and O–H groups in total. The Morgan fingerprint density at radius 1 is 0.592 bits per heavy atom. The molecule has 0 spiro atoms. The Hall–Kier alpha value is -4.49. The van der Waals surface area contributed by atoms with Gasteiger partial charge in [0.15, 0.2) is 0 Å². The average molecular weight is 676 g/mol. The third-order valence-corrected chi connectivity index (χ3v) is 10.7. The fourth-order valence-electron chi connectivity index (χ4n) is 8.56. The molecule has 4 aromatic carbocycles. The average Bonchev–Trinajstić information content (AvgIpc) is 3.71. The fraction of sp³-hybridized carbons (Fsp3) is 0.359. The van der Waals surface area contributed by atoms with E-state index in [4.69, 9.17) is 0 Å². The van der Waals surface area contributed by atoms with Crippen molar-refractivity contribution in [2.75, 3.05) is 10.6 Å². The quantitative estimate of drug-likeness (QED) is 0.185. The number of halogens is 6. The molecule has 10 heteroatoms. The van der Waals surface area contributed by atoms with Crippen LogP contribution in [-0.4, -0.2) is 11.2 Å². The maximum atomic E-state index is 13.1. The Morgan fingerprint density at radius 2 is 1.04 bits per heavy atom. The smallest absolute Gasteiger partial charge is 0.393 e. The zero-order chi connectivity index (χ0) is 34.5. The second-order valence-corrected chi connectivity index (χ2v) is 13.6. The van der Waals surface area contributed by atoms with Crippen molar-refractivity contribution in [2.45, 2.75) is 68.1 Å². The Balaban J connectivity index is 0.000000154. The van der Waals surface area contributed by atoms with E-state index in [1.54, 1.807) is 0 Å². The standard InChI is InChI=1S/C20H17F3N2.C19H18F3NO/c21-20(22,23)14-6-7-18-16(10-14)15-8-12(11-24)9-17(15)19(25-18)13-4-2-1-3-5-13;20-19(21,22)12-6-7-17-15(8-12)14-9-13(24)10-16(14)18(23-17)11-4-2-1-3-5-11/h1-7,10,12,15,17,19,25H,8-9H2;1-8,13-14,16,18,23-24H,9-10H2/t12-,15+,17+,19-;13-,14-,16-,18+/m01/s1. The summed E-state index contributed by atoms with van der Waals surface area (Å²) in [6.07, 6.45) is -6.71. The molecule has 4 aliphatic rings. The fourth-order valence-corrected chi connectivity index (χ4v) is 8.56. The number of nitriles is 1. The molecule has 4 nitrogen and oxygen atoms in total. The van der Waals surface area contributed by atoms with Gasteiger partial charge >= 0.3 is 12.4 Å². The molecule has 2 fully saturated rings. The van der Waals surface area contributed by atoms with E-state index in [-0.39, 0.29) is 41.7 Å². The summed E-state index contributed by atoms with van der Waals surface area (Å²) >= 11 is 0. The molecule has 49 heavy (non-hydrogen) atoms. The largest absolute Gasteiger partial charge is 0.416 e. The van der Waals surface area contributed by atoms with Gasteiger partial charge in [-0.2, -0.15) is 31.6 Å².